The van der Waals surface area contributed by atoms with Gasteiger partial charge in [0.1, 0.15) is 6.54 Å². The van der Waals surface area contributed by atoms with Gasteiger partial charge in [0, 0.05) is 6.54 Å². The summed E-state index contributed by atoms with van der Waals surface area (Å²) in [6.45, 7) is 2.19. The summed E-state index contributed by atoms with van der Waals surface area (Å²) in [7, 11) is 1.29. The van der Waals surface area contributed by atoms with Crippen molar-refractivity contribution in [3.63, 3.8) is 0 Å². The first-order chi connectivity index (χ1) is 8.97. The first kappa shape index (κ1) is 15.8. The molecular weight excluding hydrogens is 289 g/mol. The van der Waals surface area contributed by atoms with Crippen molar-refractivity contribution in [1.29, 1.82) is 0 Å². The number of carbonyl (C=O) groups is 2. The highest BCUT2D eigenvalue weighted by Gasteiger charge is 2.16. The lowest BCUT2D eigenvalue weighted by Gasteiger charge is -2.19. The minimum absolute atomic E-state index is 0.0485. The molecule has 0 spiro atoms. The molecule has 1 rings (SSSR count). The molecule has 0 radical (unpaired) electrons. The highest BCUT2D eigenvalue weighted by atomic mass is 35.5. The van der Waals surface area contributed by atoms with Crippen molar-refractivity contribution in [3.05, 3.63) is 33.8 Å². The maximum Gasteiger partial charge on any atom is 0.325 e. The van der Waals surface area contributed by atoms with Crippen LogP contribution in [0, 0.1) is 0 Å². The second-order valence-electron chi connectivity index (χ2n) is 3.91. The Hall–Kier alpha value is -1.26. The predicted octanol–water partition coefficient (Wildman–Crippen LogP) is 2.56. The molecule has 0 unspecified atom stereocenters. The van der Waals surface area contributed by atoms with Crippen molar-refractivity contribution in [2.24, 2.45) is 0 Å². The van der Waals surface area contributed by atoms with Crippen LogP contribution in [0.4, 0.5) is 0 Å². The van der Waals surface area contributed by atoms with E-state index in [4.69, 9.17) is 23.2 Å². The molecule has 0 aromatic heterocycles. The van der Waals surface area contributed by atoms with Crippen LogP contribution in [0.25, 0.3) is 0 Å². The Morgan fingerprint density at radius 2 is 1.95 bits per heavy atom. The SMILES string of the molecule is CCN(CC(=O)OC)C(=O)Cc1ccc(Cl)c(Cl)c1. The molecule has 1 aromatic carbocycles. The molecule has 6 heteroatoms. The van der Waals surface area contributed by atoms with E-state index in [0.29, 0.717) is 16.6 Å². The second-order valence-corrected chi connectivity index (χ2v) is 4.72. The molecule has 1 aromatic rings. The van der Waals surface area contributed by atoms with Crippen LogP contribution in [0.2, 0.25) is 10.0 Å². The van der Waals surface area contributed by atoms with Gasteiger partial charge < -0.3 is 9.64 Å². The van der Waals surface area contributed by atoms with Crippen molar-refractivity contribution in [3.8, 4) is 0 Å². The standard InChI is InChI=1S/C13H15Cl2NO3/c1-3-16(8-13(18)19-2)12(17)7-9-4-5-10(14)11(15)6-9/h4-6H,3,7-8H2,1-2H3. The number of rotatable bonds is 5. The maximum absolute atomic E-state index is 12.0. The van der Waals surface area contributed by atoms with Crippen LogP contribution in [0.15, 0.2) is 18.2 Å². The molecule has 1 amide bonds. The average molecular weight is 304 g/mol. The van der Waals surface area contributed by atoms with E-state index in [1.807, 2.05) is 0 Å². The van der Waals surface area contributed by atoms with Gasteiger partial charge in [-0.3, -0.25) is 9.59 Å². The Kier molecular flexibility index (Phi) is 6.12. The molecule has 0 saturated heterocycles. The summed E-state index contributed by atoms with van der Waals surface area (Å²) in [6.07, 6.45) is 0.168. The molecule has 0 saturated carbocycles. The van der Waals surface area contributed by atoms with Gasteiger partial charge in [-0.15, -0.1) is 0 Å². The van der Waals surface area contributed by atoms with Gasteiger partial charge in [-0.2, -0.15) is 0 Å². The molecule has 104 valence electrons. The first-order valence-corrected chi connectivity index (χ1v) is 6.52. The lowest BCUT2D eigenvalue weighted by molar-refractivity contribution is -0.146. The summed E-state index contributed by atoms with van der Waals surface area (Å²) in [5.74, 6) is -0.601. The Morgan fingerprint density at radius 1 is 1.26 bits per heavy atom. The largest absolute Gasteiger partial charge is 0.468 e. The Balaban J connectivity index is 2.71. The Labute approximate surface area is 122 Å². The van der Waals surface area contributed by atoms with E-state index in [1.165, 1.54) is 12.0 Å². The van der Waals surface area contributed by atoms with Gasteiger partial charge in [-0.25, -0.2) is 0 Å². The predicted molar refractivity (Wildman–Crippen MR) is 74.4 cm³/mol. The summed E-state index contributed by atoms with van der Waals surface area (Å²) in [5, 5.41) is 0.850. The van der Waals surface area contributed by atoms with E-state index in [-0.39, 0.29) is 18.9 Å². The second kappa shape index (κ2) is 7.36. The van der Waals surface area contributed by atoms with Crippen molar-refractivity contribution < 1.29 is 14.3 Å². The van der Waals surface area contributed by atoms with Crippen LogP contribution in [0.5, 0.6) is 0 Å². The van der Waals surface area contributed by atoms with Crippen LogP contribution in [-0.4, -0.2) is 37.0 Å². The molecule has 0 aliphatic heterocycles. The number of likely N-dealkylation sites (N-methyl/N-ethyl adjacent to an activating group) is 1. The number of ether oxygens (including phenoxy) is 1. The fourth-order valence-electron chi connectivity index (χ4n) is 1.53. The first-order valence-electron chi connectivity index (χ1n) is 5.76. The Bertz CT molecular complexity index is 477. The third-order valence-corrected chi connectivity index (χ3v) is 3.36. The van der Waals surface area contributed by atoms with Crippen LogP contribution in [0.1, 0.15) is 12.5 Å². The lowest BCUT2D eigenvalue weighted by Crippen LogP contribution is -2.37. The van der Waals surface area contributed by atoms with Crippen LogP contribution >= 0.6 is 23.2 Å². The van der Waals surface area contributed by atoms with Gasteiger partial charge in [-0.05, 0) is 24.6 Å². The number of benzene rings is 1. The zero-order valence-corrected chi connectivity index (χ0v) is 12.3. The molecule has 0 N–H and O–H groups in total. The minimum Gasteiger partial charge on any atom is -0.468 e. The van der Waals surface area contributed by atoms with Gasteiger partial charge in [0.2, 0.25) is 5.91 Å². The van der Waals surface area contributed by atoms with E-state index in [9.17, 15) is 9.59 Å². The van der Waals surface area contributed by atoms with Crippen LogP contribution in [0.3, 0.4) is 0 Å². The highest BCUT2D eigenvalue weighted by Crippen LogP contribution is 2.22. The van der Waals surface area contributed by atoms with E-state index in [1.54, 1.807) is 25.1 Å². The highest BCUT2D eigenvalue weighted by molar-refractivity contribution is 6.42. The fourth-order valence-corrected chi connectivity index (χ4v) is 1.85. The zero-order chi connectivity index (χ0) is 14.4. The van der Waals surface area contributed by atoms with E-state index < -0.39 is 5.97 Å². The number of halogens is 2. The summed E-state index contributed by atoms with van der Waals surface area (Å²) in [5.41, 5.74) is 0.753. The monoisotopic (exact) mass is 303 g/mol. The van der Waals surface area contributed by atoms with Gasteiger partial charge in [0.25, 0.3) is 0 Å². The third kappa shape index (κ3) is 4.73. The molecule has 19 heavy (non-hydrogen) atoms. The number of amides is 1. The Morgan fingerprint density at radius 3 is 2.47 bits per heavy atom. The molecule has 0 heterocycles. The number of methoxy groups -OCH3 is 1. The number of hydrogen-bond donors (Lipinski definition) is 0. The fraction of sp³-hybridized carbons (Fsp3) is 0.385. The molecule has 0 fully saturated rings. The molecular formula is C13H15Cl2NO3. The number of esters is 1. The normalized spacial score (nSPS) is 10.1. The summed E-state index contributed by atoms with van der Waals surface area (Å²) in [4.78, 5) is 24.6. The van der Waals surface area contributed by atoms with Crippen molar-refractivity contribution in [2.75, 3.05) is 20.2 Å². The van der Waals surface area contributed by atoms with Gasteiger partial charge >= 0.3 is 5.97 Å². The number of carbonyl (C=O) groups excluding carboxylic acids is 2. The summed E-state index contributed by atoms with van der Waals surface area (Å²) < 4.78 is 4.55. The summed E-state index contributed by atoms with van der Waals surface area (Å²) >= 11 is 11.7. The third-order valence-electron chi connectivity index (χ3n) is 2.62. The van der Waals surface area contributed by atoms with Crippen molar-refractivity contribution in [2.45, 2.75) is 13.3 Å². The van der Waals surface area contributed by atoms with Crippen molar-refractivity contribution in [1.82, 2.24) is 4.90 Å². The summed E-state index contributed by atoms with van der Waals surface area (Å²) in [6, 6.07) is 5.02. The zero-order valence-electron chi connectivity index (χ0n) is 10.8. The number of hydrogen-bond acceptors (Lipinski definition) is 3. The quantitative estimate of drug-likeness (QED) is 0.785. The lowest BCUT2D eigenvalue weighted by atomic mass is 10.1. The van der Waals surface area contributed by atoms with E-state index in [0.717, 1.165) is 5.56 Å². The molecule has 0 bridgehead atoms. The molecule has 0 aliphatic rings. The topological polar surface area (TPSA) is 46.6 Å². The van der Waals surface area contributed by atoms with Gasteiger partial charge in [0.05, 0.1) is 23.6 Å². The van der Waals surface area contributed by atoms with E-state index >= 15 is 0 Å². The van der Waals surface area contributed by atoms with Crippen molar-refractivity contribution >= 4 is 35.1 Å². The van der Waals surface area contributed by atoms with Gasteiger partial charge in [-0.1, -0.05) is 29.3 Å². The molecule has 0 aliphatic carbocycles. The van der Waals surface area contributed by atoms with Crippen LogP contribution < -0.4 is 0 Å². The molecule has 4 nitrogen and oxygen atoms in total. The minimum atomic E-state index is -0.440. The number of nitrogens with zero attached hydrogens (tertiary/aromatic N) is 1. The van der Waals surface area contributed by atoms with Gasteiger partial charge in [0.15, 0.2) is 0 Å². The van der Waals surface area contributed by atoms with Crippen LogP contribution in [-0.2, 0) is 20.7 Å². The van der Waals surface area contributed by atoms with E-state index in [2.05, 4.69) is 4.74 Å². The maximum atomic E-state index is 12.0. The smallest absolute Gasteiger partial charge is 0.325 e. The molecule has 0 atom stereocenters. The average Bonchev–Trinajstić information content (AvgIpc) is 2.39.